The third-order valence-corrected chi connectivity index (χ3v) is 2.37. The van der Waals surface area contributed by atoms with Crippen molar-refractivity contribution >= 4 is 18.0 Å². The van der Waals surface area contributed by atoms with E-state index in [1.807, 2.05) is 0 Å². The lowest BCUT2D eigenvalue weighted by Crippen LogP contribution is -2.35. The number of hydrogen-bond acceptors (Lipinski definition) is 5. The van der Waals surface area contributed by atoms with E-state index in [4.69, 9.17) is 9.47 Å². The van der Waals surface area contributed by atoms with Crippen LogP contribution in [0.15, 0.2) is 36.9 Å². The van der Waals surface area contributed by atoms with Crippen LogP contribution in [0.2, 0.25) is 0 Å². The summed E-state index contributed by atoms with van der Waals surface area (Å²) < 4.78 is 9.61. The maximum absolute atomic E-state index is 11.9. The second kappa shape index (κ2) is 9.17. The highest BCUT2D eigenvalue weighted by Crippen LogP contribution is 2.13. The standard InChI is InChI=1S/C15H18N2O5/c1-3-9-21-15(20)17-8-7-16-14(19)12-5-4-6-13(10-12)22-11(2)18/h3-6,10H,1,7-9H2,2H3,(H,16,19)(H,17,20). The Labute approximate surface area is 128 Å². The zero-order valence-corrected chi connectivity index (χ0v) is 12.3. The van der Waals surface area contributed by atoms with Gasteiger partial charge in [0.25, 0.3) is 5.91 Å². The minimum atomic E-state index is -0.578. The topological polar surface area (TPSA) is 93.7 Å². The number of alkyl carbamates (subject to hydrolysis) is 1. The predicted molar refractivity (Wildman–Crippen MR) is 79.6 cm³/mol. The van der Waals surface area contributed by atoms with Crippen molar-refractivity contribution in [3.63, 3.8) is 0 Å². The molecule has 7 nitrogen and oxygen atoms in total. The number of nitrogens with one attached hydrogen (secondary N) is 2. The van der Waals surface area contributed by atoms with Gasteiger partial charge >= 0.3 is 12.1 Å². The molecule has 22 heavy (non-hydrogen) atoms. The number of hydrogen-bond donors (Lipinski definition) is 2. The van der Waals surface area contributed by atoms with Crippen molar-refractivity contribution in [1.82, 2.24) is 10.6 Å². The average molecular weight is 306 g/mol. The normalized spacial score (nSPS) is 9.50. The molecule has 2 N–H and O–H groups in total. The maximum atomic E-state index is 11.9. The molecule has 1 aromatic carbocycles. The number of ether oxygens (including phenoxy) is 2. The van der Waals surface area contributed by atoms with Gasteiger partial charge in [0.15, 0.2) is 0 Å². The van der Waals surface area contributed by atoms with Crippen LogP contribution in [0.3, 0.4) is 0 Å². The Balaban J connectivity index is 2.37. The van der Waals surface area contributed by atoms with Crippen LogP contribution >= 0.6 is 0 Å². The van der Waals surface area contributed by atoms with E-state index >= 15 is 0 Å². The van der Waals surface area contributed by atoms with Gasteiger partial charge in [0.05, 0.1) is 0 Å². The number of carbonyl (C=O) groups excluding carboxylic acids is 3. The van der Waals surface area contributed by atoms with Crippen LogP contribution in [0.25, 0.3) is 0 Å². The molecule has 2 amide bonds. The molecule has 0 saturated heterocycles. The van der Waals surface area contributed by atoms with Crippen molar-refractivity contribution in [3.05, 3.63) is 42.5 Å². The predicted octanol–water partition coefficient (Wildman–Crippen LogP) is 1.25. The molecule has 0 bridgehead atoms. The molecular weight excluding hydrogens is 288 g/mol. The van der Waals surface area contributed by atoms with E-state index in [2.05, 4.69) is 17.2 Å². The van der Waals surface area contributed by atoms with Gasteiger partial charge in [0.2, 0.25) is 0 Å². The fourth-order valence-corrected chi connectivity index (χ4v) is 1.50. The van der Waals surface area contributed by atoms with Crippen molar-refractivity contribution in [1.29, 1.82) is 0 Å². The molecule has 0 unspecified atom stereocenters. The van der Waals surface area contributed by atoms with Gasteiger partial charge in [0.1, 0.15) is 12.4 Å². The zero-order chi connectivity index (χ0) is 16.4. The van der Waals surface area contributed by atoms with Crippen LogP contribution < -0.4 is 15.4 Å². The molecule has 1 rings (SSSR count). The second-order valence-corrected chi connectivity index (χ2v) is 4.19. The Morgan fingerprint density at radius 3 is 2.64 bits per heavy atom. The van der Waals surface area contributed by atoms with Crippen LogP contribution in [-0.4, -0.2) is 37.7 Å². The minimum absolute atomic E-state index is 0.126. The van der Waals surface area contributed by atoms with Gasteiger partial charge < -0.3 is 20.1 Å². The molecule has 0 aromatic heterocycles. The van der Waals surface area contributed by atoms with E-state index in [0.717, 1.165) is 0 Å². The average Bonchev–Trinajstić information content (AvgIpc) is 2.49. The minimum Gasteiger partial charge on any atom is -0.445 e. The van der Waals surface area contributed by atoms with E-state index in [1.54, 1.807) is 18.2 Å². The molecule has 0 aliphatic heterocycles. The third kappa shape index (κ3) is 6.56. The van der Waals surface area contributed by atoms with Gasteiger partial charge in [-0.25, -0.2) is 4.79 Å². The monoisotopic (exact) mass is 306 g/mol. The summed E-state index contributed by atoms with van der Waals surface area (Å²) in [6.07, 6.45) is 0.878. The van der Waals surface area contributed by atoms with E-state index in [0.29, 0.717) is 11.3 Å². The Hall–Kier alpha value is -2.83. The van der Waals surface area contributed by atoms with Crippen LogP contribution in [0.1, 0.15) is 17.3 Å². The van der Waals surface area contributed by atoms with Gasteiger partial charge in [-0.1, -0.05) is 18.7 Å². The summed E-state index contributed by atoms with van der Waals surface area (Å²) in [5.41, 5.74) is 0.355. The second-order valence-electron chi connectivity index (χ2n) is 4.19. The Bertz CT molecular complexity index is 557. The summed E-state index contributed by atoms with van der Waals surface area (Å²) in [6.45, 7) is 5.29. The summed E-state index contributed by atoms with van der Waals surface area (Å²) >= 11 is 0. The highest BCUT2D eigenvalue weighted by Gasteiger charge is 2.07. The molecule has 0 aliphatic carbocycles. The summed E-state index contributed by atoms with van der Waals surface area (Å²) in [7, 11) is 0. The lowest BCUT2D eigenvalue weighted by Gasteiger charge is -2.08. The molecule has 0 heterocycles. The molecular formula is C15H18N2O5. The Morgan fingerprint density at radius 1 is 1.23 bits per heavy atom. The molecule has 0 spiro atoms. The van der Waals surface area contributed by atoms with E-state index in [9.17, 15) is 14.4 Å². The largest absolute Gasteiger partial charge is 0.445 e. The Morgan fingerprint density at radius 2 is 1.95 bits per heavy atom. The molecule has 0 atom stereocenters. The first-order valence-electron chi connectivity index (χ1n) is 6.61. The van der Waals surface area contributed by atoms with Crippen molar-refractivity contribution < 1.29 is 23.9 Å². The van der Waals surface area contributed by atoms with Crippen LogP contribution in [-0.2, 0) is 9.53 Å². The van der Waals surface area contributed by atoms with Gasteiger partial charge in [-0.15, -0.1) is 0 Å². The highest BCUT2D eigenvalue weighted by atomic mass is 16.5. The van der Waals surface area contributed by atoms with Crippen molar-refractivity contribution in [2.45, 2.75) is 6.92 Å². The van der Waals surface area contributed by atoms with Crippen LogP contribution in [0.5, 0.6) is 5.75 Å². The van der Waals surface area contributed by atoms with E-state index in [-0.39, 0.29) is 25.6 Å². The van der Waals surface area contributed by atoms with Crippen molar-refractivity contribution in [2.75, 3.05) is 19.7 Å². The zero-order valence-electron chi connectivity index (χ0n) is 12.3. The van der Waals surface area contributed by atoms with Crippen LogP contribution in [0, 0.1) is 0 Å². The number of rotatable bonds is 7. The first kappa shape index (κ1) is 17.2. The summed E-state index contributed by atoms with van der Waals surface area (Å²) in [5, 5.41) is 5.09. The lowest BCUT2D eigenvalue weighted by molar-refractivity contribution is -0.131. The highest BCUT2D eigenvalue weighted by molar-refractivity contribution is 5.94. The number of esters is 1. The molecule has 0 aliphatic rings. The maximum Gasteiger partial charge on any atom is 0.407 e. The molecule has 1 aromatic rings. The summed E-state index contributed by atoms with van der Waals surface area (Å²) in [6, 6.07) is 6.24. The summed E-state index contributed by atoms with van der Waals surface area (Å²) in [5.74, 6) is -0.499. The quantitative estimate of drug-likeness (QED) is 0.342. The van der Waals surface area contributed by atoms with Gasteiger partial charge in [-0.05, 0) is 18.2 Å². The van der Waals surface area contributed by atoms with E-state index < -0.39 is 12.1 Å². The number of carbonyl (C=O) groups is 3. The smallest absolute Gasteiger partial charge is 0.407 e. The van der Waals surface area contributed by atoms with Crippen molar-refractivity contribution in [3.8, 4) is 5.75 Å². The first-order valence-corrected chi connectivity index (χ1v) is 6.61. The first-order chi connectivity index (χ1) is 10.5. The summed E-state index contributed by atoms with van der Waals surface area (Å²) in [4.78, 5) is 33.9. The van der Waals surface area contributed by atoms with Crippen molar-refractivity contribution in [2.24, 2.45) is 0 Å². The molecule has 118 valence electrons. The van der Waals surface area contributed by atoms with Crippen LogP contribution in [0.4, 0.5) is 4.79 Å². The Kier molecular flexibility index (Phi) is 7.18. The van der Waals surface area contributed by atoms with E-state index in [1.165, 1.54) is 19.1 Å². The SMILES string of the molecule is C=CCOC(=O)NCCNC(=O)c1cccc(OC(C)=O)c1. The van der Waals surface area contributed by atoms with Gasteiger partial charge in [-0.3, -0.25) is 9.59 Å². The lowest BCUT2D eigenvalue weighted by atomic mass is 10.2. The molecule has 0 saturated carbocycles. The molecule has 0 radical (unpaired) electrons. The fraction of sp³-hybridized carbons (Fsp3) is 0.267. The molecule has 7 heteroatoms. The number of benzene rings is 1. The fourth-order valence-electron chi connectivity index (χ4n) is 1.50. The number of amides is 2. The third-order valence-electron chi connectivity index (χ3n) is 2.37. The van der Waals surface area contributed by atoms with Gasteiger partial charge in [-0.2, -0.15) is 0 Å². The molecule has 0 fully saturated rings. The van der Waals surface area contributed by atoms with Gasteiger partial charge in [0, 0.05) is 25.6 Å².